The summed E-state index contributed by atoms with van der Waals surface area (Å²) in [5.41, 5.74) is 2.86. The van der Waals surface area contributed by atoms with Crippen LogP contribution in [0.15, 0.2) is 48.2 Å². The molecule has 2 aromatic carbocycles. The molecule has 1 aliphatic heterocycles. The zero-order valence-corrected chi connectivity index (χ0v) is 16.4. The number of amides is 2. The molecule has 2 amide bonds. The fourth-order valence-electron chi connectivity index (χ4n) is 2.90. The monoisotopic (exact) mass is 384 g/mol. The number of carbonyl (C=O) groups is 2. The number of hydrogen-bond acceptors (Lipinski definition) is 4. The van der Waals surface area contributed by atoms with Gasteiger partial charge in [0.2, 0.25) is 0 Å². The molecule has 0 unspecified atom stereocenters. The summed E-state index contributed by atoms with van der Waals surface area (Å²) < 4.78 is 5.64. The van der Waals surface area contributed by atoms with Crippen molar-refractivity contribution in [3.8, 4) is 5.75 Å². The Hall–Kier alpha value is -2.79. The first-order valence-corrected chi connectivity index (χ1v) is 9.02. The third kappa shape index (κ3) is 3.83. The van der Waals surface area contributed by atoms with Gasteiger partial charge in [-0.2, -0.15) is 0 Å². The van der Waals surface area contributed by atoms with Crippen LogP contribution in [0.3, 0.4) is 0 Å². The number of rotatable bonds is 5. The maximum Gasteiger partial charge on any atom is 0.277 e. The number of benzene rings is 2. The van der Waals surface area contributed by atoms with Crippen LogP contribution in [-0.4, -0.2) is 29.9 Å². The highest BCUT2D eigenvalue weighted by Crippen LogP contribution is 2.32. The van der Waals surface area contributed by atoms with Crippen molar-refractivity contribution in [1.29, 1.82) is 0 Å². The first kappa shape index (κ1) is 19.0. The van der Waals surface area contributed by atoms with Crippen molar-refractivity contribution < 1.29 is 14.3 Å². The van der Waals surface area contributed by atoms with Gasteiger partial charge in [0, 0.05) is 17.8 Å². The summed E-state index contributed by atoms with van der Waals surface area (Å²) in [4.78, 5) is 26.4. The largest absolute Gasteiger partial charge is 0.491 e. The minimum atomic E-state index is -0.369. The van der Waals surface area contributed by atoms with Gasteiger partial charge in [-0.3, -0.25) is 14.5 Å². The standard InChI is InChI=1S/C21H21ClN2O3/c1-12(2)27-16-8-5-14(6-9-16)18-19(21(26)24(4)20(18)25)23-17-10-7-15(22)11-13(17)3/h5-12,23H,1-4H3. The van der Waals surface area contributed by atoms with Gasteiger partial charge < -0.3 is 10.1 Å². The summed E-state index contributed by atoms with van der Waals surface area (Å²) in [6, 6.07) is 12.5. The van der Waals surface area contributed by atoms with Crippen molar-refractivity contribution in [3.63, 3.8) is 0 Å². The molecular weight excluding hydrogens is 364 g/mol. The van der Waals surface area contributed by atoms with E-state index in [9.17, 15) is 9.59 Å². The van der Waals surface area contributed by atoms with E-state index in [1.54, 1.807) is 42.5 Å². The Bertz CT molecular complexity index is 933. The second kappa shape index (κ2) is 7.45. The second-order valence-corrected chi connectivity index (χ2v) is 7.13. The predicted molar refractivity (Wildman–Crippen MR) is 107 cm³/mol. The van der Waals surface area contributed by atoms with Crippen molar-refractivity contribution in [1.82, 2.24) is 4.90 Å². The van der Waals surface area contributed by atoms with Gasteiger partial charge in [-0.25, -0.2) is 0 Å². The van der Waals surface area contributed by atoms with Crippen LogP contribution in [0.5, 0.6) is 5.75 Å². The molecule has 0 fully saturated rings. The maximum absolute atomic E-state index is 12.7. The summed E-state index contributed by atoms with van der Waals surface area (Å²) >= 11 is 6.00. The molecule has 0 spiro atoms. The molecule has 1 aliphatic rings. The van der Waals surface area contributed by atoms with E-state index in [1.165, 1.54) is 7.05 Å². The Morgan fingerprint density at radius 3 is 2.30 bits per heavy atom. The zero-order valence-electron chi connectivity index (χ0n) is 15.7. The Morgan fingerprint density at radius 2 is 1.70 bits per heavy atom. The normalized spacial score (nSPS) is 14.4. The van der Waals surface area contributed by atoms with E-state index in [4.69, 9.17) is 16.3 Å². The van der Waals surface area contributed by atoms with Crippen LogP contribution in [0.2, 0.25) is 5.02 Å². The van der Waals surface area contributed by atoms with Crippen LogP contribution < -0.4 is 10.1 Å². The van der Waals surface area contributed by atoms with E-state index in [2.05, 4.69) is 5.32 Å². The molecule has 0 radical (unpaired) electrons. The van der Waals surface area contributed by atoms with Gasteiger partial charge in [0.1, 0.15) is 11.4 Å². The van der Waals surface area contributed by atoms with E-state index in [0.717, 1.165) is 16.2 Å². The van der Waals surface area contributed by atoms with Gasteiger partial charge in [0.25, 0.3) is 11.8 Å². The summed E-state index contributed by atoms with van der Waals surface area (Å²) in [7, 11) is 1.48. The molecule has 0 aliphatic carbocycles. The van der Waals surface area contributed by atoms with Crippen molar-refractivity contribution in [2.75, 3.05) is 12.4 Å². The van der Waals surface area contributed by atoms with Gasteiger partial charge in [-0.1, -0.05) is 23.7 Å². The van der Waals surface area contributed by atoms with Crippen LogP contribution in [0.4, 0.5) is 5.69 Å². The number of halogens is 1. The second-order valence-electron chi connectivity index (χ2n) is 6.69. The molecule has 5 nitrogen and oxygen atoms in total. The molecule has 0 aromatic heterocycles. The van der Waals surface area contributed by atoms with E-state index >= 15 is 0 Å². The quantitative estimate of drug-likeness (QED) is 0.782. The van der Waals surface area contributed by atoms with Crippen molar-refractivity contribution in [2.45, 2.75) is 26.9 Å². The third-order valence-electron chi connectivity index (χ3n) is 4.25. The minimum Gasteiger partial charge on any atom is -0.491 e. The average Bonchev–Trinajstić information content (AvgIpc) is 2.82. The first-order valence-electron chi connectivity index (χ1n) is 8.65. The maximum atomic E-state index is 12.7. The number of nitrogens with one attached hydrogen (secondary N) is 1. The van der Waals surface area contributed by atoms with Gasteiger partial charge in [0.05, 0.1) is 11.7 Å². The Labute approximate surface area is 163 Å². The van der Waals surface area contributed by atoms with Crippen molar-refractivity contribution in [2.24, 2.45) is 0 Å². The predicted octanol–water partition coefficient (Wildman–Crippen LogP) is 4.26. The number of nitrogens with zero attached hydrogens (tertiary/aromatic N) is 1. The third-order valence-corrected chi connectivity index (χ3v) is 4.48. The topological polar surface area (TPSA) is 58.6 Å². The molecule has 0 saturated heterocycles. The first-order chi connectivity index (χ1) is 12.8. The lowest BCUT2D eigenvalue weighted by molar-refractivity contribution is -0.135. The van der Waals surface area contributed by atoms with Gasteiger partial charge in [0.15, 0.2) is 0 Å². The molecule has 1 heterocycles. The van der Waals surface area contributed by atoms with Gasteiger partial charge in [-0.05, 0) is 62.2 Å². The van der Waals surface area contributed by atoms with Crippen LogP contribution >= 0.6 is 11.6 Å². The number of aryl methyl sites for hydroxylation is 1. The molecular formula is C21H21ClN2O3. The number of carbonyl (C=O) groups excluding carboxylic acids is 2. The number of ether oxygens (including phenoxy) is 1. The average molecular weight is 385 g/mol. The van der Waals surface area contributed by atoms with Gasteiger partial charge in [-0.15, -0.1) is 0 Å². The highest BCUT2D eigenvalue weighted by molar-refractivity contribution is 6.36. The Kier molecular flexibility index (Phi) is 5.24. The minimum absolute atomic E-state index is 0.0565. The molecule has 6 heteroatoms. The van der Waals surface area contributed by atoms with Gasteiger partial charge >= 0.3 is 0 Å². The summed E-state index contributed by atoms with van der Waals surface area (Å²) in [5, 5.41) is 3.73. The van der Waals surface area contributed by atoms with E-state index < -0.39 is 0 Å². The summed E-state index contributed by atoms with van der Waals surface area (Å²) in [6.07, 6.45) is 0.0565. The summed E-state index contributed by atoms with van der Waals surface area (Å²) in [5.74, 6) is 0.000957. The molecule has 27 heavy (non-hydrogen) atoms. The molecule has 3 rings (SSSR count). The SMILES string of the molecule is Cc1cc(Cl)ccc1NC1=C(c2ccc(OC(C)C)cc2)C(=O)N(C)C1=O. The fourth-order valence-corrected chi connectivity index (χ4v) is 3.13. The lowest BCUT2D eigenvalue weighted by Crippen LogP contribution is -2.28. The van der Waals surface area contributed by atoms with Crippen LogP contribution in [0, 0.1) is 6.92 Å². The van der Waals surface area contributed by atoms with Crippen LogP contribution in [0.1, 0.15) is 25.0 Å². The van der Waals surface area contributed by atoms with Crippen LogP contribution in [-0.2, 0) is 9.59 Å². The molecule has 2 aromatic rings. The molecule has 140 valence electrons. The lowest BCUT2D eigenvalue weighted by Gasteiger charge is -2.12. The van der Waals surface area contributed by atoms with Crippen LogP contribution in [0.25, 0.3) is 5.57 Å². The smallest absolute Gasteiger partial charge is 0.277 e. The van der Waals surface area contributed by atoms with E-state index in [-0.39, 0.29) is 23.6 Å². The number of anilines is 1. The highest BCUT2D eigenvalue weighted by atomic mass is 35.5. The molecule has 0 bridgehead atoms. The lowest BCUT2D eigenvalue weighted by atomic mass is 10.0. The molecule has 0 atom stereocenters. The fraction of sp³-hybridized carbons (Fsp3) is 0.238. The van der Waals surface area contributed by atoms with Crippen molar-refractivity contribution >= 4 is 34.7 Å². The number of imide groups is 1. The summed E-state index contributed by atoms with van der Waals surface area (Å²) in [6.45, 7) is 5.78. The number of hydrogen-bond donors (Lipinski definition) is 1. The highest BCUT2D eigenvalue weighted by Gasteiger charge is 2.36. The zero-order chi connectivity index (χ0) is 19.7. The molecule has 1 N–H and O–H groups in total. The Balaban J connectivity index is 2.02. The Morgan fingerprint density at radius 1 is 1.04 bits per heavy atom. The molecule has 0 saturated carbocycles. The van der Waals surface area contributed by atoms with Crippen molar-refractivity contribution in [3.05, 3.63) is 64.3 Å². The van der Waals surface area contributed by atoms with E-state index in [0.29, 0.717) is 21.9 Å². The number of likely N-dealkylation sites (N-methyl/N-ethyl adjacent to an activating group) is 1. The van der Waals surface area contributed by atoms with E-state index in [1.807, 2.05) is 20.8 Å².